The van der Waals surface area contributed by atoms with E-state index in [1.54, 1.807) is 6.07 Å². The maximum atomic E-state index is 12.9. The van der Waals surface area contributed by atoms with E-state index in [2.05, 4.69) is 0 Å². The molecule has 1 N–H and O–H groups in total. The normalized spacial score (nSPS) is 21.1. The zero-order valence-corrected chi connectivity index (χ0v) is 15.9. The lowest BCUT2D eigenvalue weighted by Gasteiger charge is -2.42. The molecule has 0 unspecified atom stereocenters. The van der Waals surface area contributed by atoms with E-state index < -0.39 is 24.2 Å². The summed E-state index contributed by atoms with van der Waals surface area (Å²) in [4.78, 5) is 25.0. The van der Waals surface area contributed by atoms with Crippen molar-refractivity contribution in [2.24, 2.45) is 5.92 Å². The van der Waals surface area contributed by atoms with Crippen molar-refractivity contribution in [3.63, 3.8) is 0 Å². The first-order valence-corrected chi connectivity index (χ1v) is 9.33. The number of carbonyl (C=O) groups is 1. The van der Waals surface area contributed by atoms with Crippen molar-refractivity contribution in [3.05, 3.63) is 75.3 Å². The molecule has 3 atom stereocenters. The van der Waals surface area contributed by atoms with Crippen LogP contribution in [-0.4, -0.2) is 28.9 Å². The Morgan fingerprint density at radius 1 is 1.21 bits per heavy atom. The number of aliphatic hydroxyl groups excluding tert-OH is 1. The van der Waals surface area contributed by atoms with E-state index in [1.165, 1.54) is 4.90 Å². The summed E-state index contributed by atoms with van der Waals surface area (Å²) in [5, 5.41) is 22.2. The fraction of sp³-hybridized carbons (Fsp3) is 0.381. The summed E-state index contributed by atoms with van der Waals surface area (Å²) in [7, 11) is 0. The maximum Gasteiger partial charge on any atom is 0.416 e. The first-order chi connectivity index (χ1) is 13.4. The number of para-hydroxylation sites is 1. The van der Waals surface area contributed by atoms with Crippen LogP contribution >= 0.6 is 0 Å². The van der Waals surface area contributed by atoms with Crippen LogP contribution in [0.2, 0.25) is 0 Å². The first-order valence-electron chi connectivity index (χ1n) is 9.33. The largest absolute Gasteiger partial charge is 0.444 e. The van der Waals surface area contributed by atoms with Crippen molar-refractivity contribution >= 4 is 11.8 Å². The van der Waals surface area contributed by atoms with Gasteiger partial charge in [0.2, 0.25) is 6.54 Å². The molecule has 28 heavy (non-hydrogen) atoms. The van der Waals surface area contributed by atoms with Gasteiger partial charge in [-0.3, -0.25) is 15.0 Å². The Morgan fingerprint density at radius 3 is 2.57 bits per heavy atom. The third-order valence-corrected chi connectivity index (χ3v) is 5.29. The molecule has 0 fully saturated rings. The molecule has 7 nitrogen and oxygen atoms in total. The van der Waals surface area contributed by atoms with E-state index in [0.717, 1.165) is 11.1 Å². The average Bonchev–Trinajstić information content (AvgIpc) is 2.67. The molecule has 0 spiro atoms. The van der Waals surface area contributed by atoms with E-state index in [1.807, 2.05) is 56.3 Å². The predicted octanol–water partition coefficient (Wildman–Crippen LogP) is 3.86. The zero-order chi connectivity index (χ0) is 20.3. The molecule has 2 aromatic rings. The number of ether oxygens (including phenoxy) is 1. The molecule has 0 aliphatic carbocycles. The summed E-state index contributed by atoms with van der Waals surface area (Å²) in [5.74, 6) is -0.924. The van der Waals surface area contributed by atoms with Gasteiger partial charge in [0, 0.05) is 10.8 Å². The molecule has 0 radical (unpaired) electrons. The summed E-state index contributed by atoms with van der Waals surface area (Å²) in [6.45, 7) is 3.46. The molecule has 1 aliphatic rings. The van der Waals surface area contributed by atoms with Crippen molar-refractivity contribution < 1.29 is 19.6 Å². The maximum absolute atomic E-state index is 12.9. The van der Waals surface area contributed by atoms with Gasteiger partial charge in [-0.05, 0) is 30.0 Å². The van der Waals surface area contributed by atoms with Crippen molar-refractivity contribution in [1.82, 2.24) is 0 Å². The van der Waals surface area contributed by atoms with Gasteiger partial charge in [0.15, 0.2) is 0 Å². The second-order valence-electron chi connectivity index (χ2n) is 7.03. The van der Waals surface area contributed by atoms with Gasteiger partial charge in [-0.2, -0.15) is 0 Å². The molecule has 0 saturated carbocycles. The highest BCUT2D eigenvalue weighted by atomic mass is 16.6. The monoisotopic (exact) mass is 384 g/mol. The van der Waals surface area contributed by atoms with E-state index in [-0.39, 0.29) is 18.1 Å². The van der Waals surface area contributed by atoms with E-state index >= 15 is 0 Å². The van der Waals surface area contributed by atoms with Gasteiger partial charge in [-0.15, -0.1) is 0 Å². The molecule has 3 rings (SSSR count). The first kappa shape index (κ1) is 19.8. The molecular weight excluding hydrogens is 360 g/mol. The molecule has 1 aliphatic heterocycles. The predicted molar refractivity (Wildman–Crippen MR) is 105 cm³/mol. The molecule has 1 heterocycles. The number of nitro groups is 1. The number of benzene rings is 2. The molecule has 0 bridgehead atoms. The zero-order valence-electron chi connectivity index (χ0n) is 15.9. The number of aliphatic hydroxyl groups is 1. The topological polar surface area (TPSA) is 92.9 Å². The molecule has 0 saturated heterocycles. The van der Waals surface area contributed by atoms with E-state index in [9.17, 15) is 20.0 Å². The molecule has 2 aromatic carbocycles. The minimum Gasteiger partial charge on any atom is -0.444 e. The van der Waals surface area contributed by atoms with Gasteiger partial charge in [0.1, 0.15) is 12.8 Å². The lowest BCUT2D eigenvalue weighted by molar-refractivity contribution is -0.485. The fourth-order valence-electron chi connectivity index (χ4n) is 3.95. The third-order valence-electron chi connectivity index (χ3n) is 5.29. The van der Waals surface area contributed by atoms with Crippen LogP contribution in [0.15, 0.2) is 48.5 Å². The van der Waals surface area contributed by atoms with Gasteiger partial charge in [-0.1, -0.05) is 55.5 Å². The Bertz CT molecular complexity index is 855. The van der Waals surface area contributed by atoms with Crippen molar-refractivity contribution in [2.75, 3.05) is 11.4 Å². The van der Waals surface area contributed by atoms with Gasteiger partial charge >= 0.3 is 6.09 Å². The lowest BCUT2D eigenvalue weighted by atomic mass is 9.77. The summed E-state index contributed by atoms with van der Waals surface area (Å²) >= 11 is 0. The number of carbonyl (C=O) groups excluding carboxylic acids is 1. The third kappa shape index (κ3) is 3.84. The van der Waals surface area contributed by atoms with Crippen LogP contribution in [0.1, 0.15) is 36.0 Å². The highest BCUT2D eigenvalue weighted by Gasteiger charge is 2.45. The van der Waals surface area contributed by atoms with Crippen LogP contribution in [-0.2, 0) is 11.3 Å². The van der Waals surface area contributed by atoms with Gasteiger partial charge in [0.25, 0.3) is 0 Å². The number of amides is 1. The molecule has 148 valence electrons. The van der Waals surface area contributed by atoms with Crippen LogP contribution in [0.4, 0.5) is 10.5 Å². The Morgan fingerprint density at radius 2 is 1.93 bits per heavy atom. The molecule has 0 aromatic heterocycles. The summed E-state index contributed by atoms with van der Waals surface area (Å²) in [6.07, 6.45) is -1.35. The molecular formula is C21H24N2O5. The number of aryl methyl sites for hydroxylation is 1. The number of hydrogen-bond acceptors (Lipinski definition) is 5. The summed E-state index contributed by atoms with van der Waals surface area (Å²) < 4.78 is 5.45. The number of hydrogen-bond donors (Lipinski definition) is 1. The van der Waals surface area contributed by atoms with E-state index in [4.69, 9.17) is 4.74 Å². The van der Waals surface area contributed by atoms with E-state index in [0.29, 0.717) is 17.7 Å². The number of anilines is 1. The van der Waals surface area contributed by atoms with Gasteiger partial charge < -0.3 is 9.84 Å². The highest BCUT2D eigenvalue weighted by Crippen LogP contribution is 2.44. The highest BCUT2D eigenvalue weighted by molar-refractivity contribution is 5.91. The van der Waals surface area contributed by atoms with Gasteiger partial charge in [0.05, 0.1) is 11.6 Å². The number of nitrogens with zero attached hydrogens (tertiary/aromatic N) is 2. The van der Waals surface area contributed by atoms with Crippen LogP contribution in [0.5, 0.6) is 0 Å². The Hall–Kier alpha value is -2.93. The Balaban J connectivity index is 1.95. The fourth-order valence-corrected chi connectivity index (χ4v) is 3.95. The molecule has 1 amide bonds. The summed E-state index contributed by atoms with van der Waals surface area (Å²) in [5.41, 5.74) is 2.80. The van der Waals surface area contributed by atoms with Crippen LogP contribution in [0, 0.1) is 23.0 Å². The standard InChI is InChI=1S/C21H24N2O5/c1-3-16-18(12-22(26)27)17-11-7-8-14(2)19(17)23(20(16)24)21(25)28-13-15-9-5-4-6-10-15/h4-11,16,18,20,24H,3,12-13H2,1-2H3/t16-,18+,20+/m1/s1. The molecule has 7 heteroatoms. The van der Waals surface area contributed by atoms with Crippen LogP contribution in [0.25, 0.3) is 0 Å². The van der Waals surface area contributed by atoms with Gasteiger partial charge in [-0.25, -0.2) is 4.79 Å². The second kappa shape index (κ2) is 8.39. The van der Waals surface area contributed by atoms with Crippen molar-refractivity contribution in [1.29, 1.82) is 0 Å². The lowest BCUT2D eigenvalue weighted by Crippen LogP contribution is -2.51. The number of fused-ring (bicyclic) bond motifs is 1. The van der Waals surface area contributed by atoms with Crippen LogP contribution < -0.4 is 4.90 Å². The average molecular weight is 384 g/mol. The minimum atomic E-state index is -1.19. The SMILES string of the molecule is CC[C@@H]1[C@H](C[N+](=O)[O-])c2cccc(C)c2N(C(=O)OCc2ccccc2)[C@H]1O. The van der Waals surface area contributed by atoms with Crippen molar-refractivity contribution in [2.45, 2.75) is 39.0 Å². The quantitative estimate of drug-likeness (QED) is 0.624. The van der Waals surface area contributed by atoms with Crippen LogP contribution in [0.3, 0.4) is 0 Å². The number of rotatable bonds is 5. The van der Waals surface area contributed by atoms with Crippen molar-refractivity contribution in [3.8, 4) is 0 Å². The summed E-state index contributed by atoms with van der Waals surface area (Å²) in [6, 6.07) is 14.7. The Labute approximate surface area is 163 Å². The second-order valence-corrected chi connectivity index (χ2v) is 7.03. The smallest absolute Gasteiger partial charge is 0.416 e. The minimum absolute atomic E-state index is 0.0826. The Kier molecular flexibility index (Phi) is 5.94.